The molecule has 2 atom stereocenters. The Bertz CT molecular complexity index is 1920. The number of anilines is 1. The molecule has 1 saturated carbocycles. The first-order chi connectivity index (χ1) is 19.7. The molecule has 0 radical (unpaired) electrons. The van der Waals surface area contributed by atoms with Crippen LogP contribution in [0.4, 0.5) is 15.8 Å². The molecule has 3 aromatic rings. The van der Waals surface area contributed by atoms with Gasteiger partial charge in [-0.1, -0.05) is 6.07 Å². The van der Waals surface area contributed by atoms with Crippen LogP contribution in [0.1, 0.15) is 36.8 Å². The minimum atomic E-state index is -3.63. The molecule has 0 bridgehead atoms. The zero-order chi connectivity index (χ0) is 30.1. The van der Waals surface area contributed by atoms with Gasteiger partial charge in [0, 0.05) is 17.2 Å². The highest BCUT2D eigenvalue weighted by atomic mass is 32.2. The van der Waals surface area contributed by atoms with Crippen molar-refractivity contribution in [2.24, 2.45) is 16.6 Å². The number of nitrogens with one attached hydrogen (secondary N) is 1. The molecule has 222 valence electrons. The number of nitrogens with zero attached hydrogens (tertiary/aromatic N) is 2. The van der Waals surface area contributed by atoms with Gasteiger partial charge in [-0.05, 0) is 97.8 Å². The monoisotopic (exact) mass is 630 g/mol. The standard InChI is InChI=1S/C29H31FN4O5S3/c1-40(35,36)24-4-2-3-22(18-24)33-28(31)20-7-12-26-25(17-20)29(13-15-41(37,38)16-14-29)27(19-5-6-19)34(26)42(32,39)23-10-8-21(30)9-11-23/h2-4,7-12,17-19,27,32H,5-6,13-16H2,1H3,(H2,31,33). The van der Waals surface area contributed by atoms with E-state index in [9.17, 15) is 25.4 Å². The van der Waals surface area contributed by atoms with Crippen molar-refractivity contribution in [2.75, 3.05) is 22.1 Å². The molecular formula is C29H31FN4O5S3. The Kier molecular flexibility index (Phi) is 6.78. The Morgan fingerprint density at radius 1 is 1.00 bits per heavy atom. The molecule has 9 nitrogen and oxygen atoms in total. The second-order valence-corrected chi connectivity index (χ2v) is 17.6. The third-order valence-corrected chi connectivity index (χ3v) is 13.2. The molecule has 3 aromatic carbocycles. The van der Waals surface area contributed by atoms with Crippen LogP contribution in [-0.2, 0) is 35.0 Å². The molecule has 1 saturated heterocycles. The third-order valence-electron chi connectivity index (χ3n) is 8.58. The highest BCUT2D eigenvalue weighted by molar-refractivity contribution is 7.94. The van der Waals surface area contributed by atoms with Crippen molar-refractivity contribution in [3.05, 3.63) is 83.7 Å². The minimum Gasteiger partial charge on any atom is -0.383 e. The number of amidine groups is 1. The highest BCUT2D eigenvalue weighted by Crippen LogP contribution is 2.59. The quantitative estimate of drug-likeness (QED) is 0.306. The van der Waals surface area contributed by atoms with Gasteiger partial charge < -0.3 is 5.73 Å². The molecule has 3 aliphatic rings. The molecule has 3 N–H and O–H groups in total. The Labute approximate surface area is 245 Å². The Morgan fingerprint density at radius 3 is 2.29 bits per heavy atom. The molecule has 42 heavy (non-hydrogen) atoms. The maximum atomic E-state index is 14.4. The minimum absolute atomic E-state index is 0.0225. The van der Waals surface area contributed by atoms with Crippen molar-refractivity contribution in [1.82, 2.24) is 0 Å². The van der Waals surface area contributed by atoms with Gasteiger partial charge in [0.1, 0.15) is 21.5 Å². The average molecular weight is 631 g/mol. The summed E-state index contributed by atoms with van der Waals surface area (Å²) >= 11 is 0. The van der Waals surface area contributed by atoms with Gasteiger partial charge in [-0.3, -0.25) is 4.31 Å². The van der Waals surface area contributed by atoms with Gasteiger partial charge in [0.15, 0.2) is 19.8 Å². The normalized spacial score (nSPS) is 23.0. The smallest absolute Gasteiger partial charge is 0.175 e. The van der Waals surface area contributed by atoms with Crippen LogP contribution >= 0.6 is 0 Å². The van der Waals surface area contributed by atoms with Crippen molar-refractivity contribution in [1.29, 1.82) is 4.78 Å². The van der Waals surface area contributed by atoms with Gasteiger partial charge >= 0.3 is 0 Å². The number of sulfone groups is 2. The molecule has 6 rings (SSSR count). The third kappa shape index (κ3) is 5.01. The van der Waals surface area contributed by atoms with Gasteiger partial charge in [-0.25, -0.2) is 35.2 Å². The molecular weight excluding hydrogens is 600 g/mol. The van der Waals surface area contributed by atoms with Crippen LogP contribution in [0.5, 0.6) is 0 Å². The predicted molar refractivity (Wildman–Crippen MR) is 160 cm³/mol. The van der Waals surface area contributed by atoms with Crippen molar-refractivity contribution < 1.29 is 25.4 Å². The second-order valence-electron chi connectivity index (χ2n) is 11.4. The van der Waals surface area contributed by atoms with E-state index in [2.05, 4.69) is 4.99 Å². The van der Waals surface area contributed by atoms with E-state index in [0.717, 1.165) is 24.7 Å². The van der Waals surface area contributed by atoms with Gasteiger partial charge in [0.25, 0.3) is 0 Å². The highest BCUT2D eigenvalue weighted by Gasteiger charge is 2.60. The molecule has 2 heterocycles. The first-order valence-corrected chi connectivity index (χ1v) is 18.8. The Morgan fingerprint density at radius 2 is 1.67 bits per heavy atom. The molecule has 1 aliphatic carbocycles. The molecule has 1 spiro atoms. The van der Waals surface area contributed by atoms with Gasteiger partial charge in [-0.2, -0.15) is 0 Å². The number of fused-ring (bicyclic) bond motifs is 2. The van der Waals surface area contributed by atoms with Crippen LogP contribution in [0.2, 0.25) is 0 Å². The van der Waals surface area contributed by atoms with Gasteiger partial charge in [0.05, 0.1) is 38.7 Å². The fraction of sp³-hybridized carbons (Fsp3) is 0.345. The zero-order valence-corrected chi connectivity index (χ0v) is 25.3. The predicted octanol–water partition coefficient (Wildman–Crippen LogP) is 4.33. The lowest BCUT2D eigenvalue weighted by Gasteiger charge is -2.42. The zero-order valence-electron chi connectivity index (χ0n) is 22.9. The summed E-state index contributed by atoms with van der Waals surface area (Å²) in [5, 5.41) is 0. The molecule has 2 unspecified atom stereocenters. The van der Waals surface area contributed by atoms with Crippen molar-refractivity contribution >= 4 is 46.8 Å². The molecule has 2 aliphatic heterocycles. The fourth-order valence-electron chi connectivity index (χ4n) is 6.36. The van der Waals surface area contributed by atoms with E-state index in [4.69, 9.17) is 10.5 Å². The van der Waals surface area contributed by atoms with Crippen LogP contribution in [0.15, 0.2) is 81.5 Å². The van der Waals surface area contributed by atoms with Crippen LogP contribution in [0.3, 0.4) is 0 Å². The van der Waals surface area contributed by atoms with Gasteiger partial charge in [-0.15, -0.1) is 0 Å². The van der Waals surface area contributed by atoms with Gasteiger partial charge in [0.2, 0.25) is 0 Å². The molecule has 13 heteroatoms. The van der Waals surface area contributed by atoms with E-state index in [1.54, 1.807) is 28.6 Å². The largest absolute Gasteiger partial charge is 0.383 e. The first kappa shape index (κ1) is 28.8. The van der Waals surface area contributed by atoms with E-state index < -0.39 is 40.8 Å². The summed E-state index contributed by atoms with van der Waals surface area (Å²) in [6.45, 7) is 0. The number of hydrogen-bond acceptors (Lipinski definition) is 7. The lowest BCUT2D eigenvalue weighted by atomic mass is 9.70. The number of hydrogen-bond donors (Lipinski definition) is 2. The van der Waals surface area contributed by atoms with Crippen molar-refractivity contribution in [3.63, 3.8) is 0 Å². The number of benzene rings is 3. The van der Waals surface area contributed by atoms with Crippen LogP contribution in [-0.4, -0.2) is 50.7 Å². The summed E-state index contributed by atoms with van der Waals surface area (Å²) in [6, 6.07) is 16.2. The summed E-state index contributed by atoms with van der Waals surface area (Å²) in [5.74, 6) is -0.284. The number of rotatable bonds is 6. The topological polar surface area (TPSA) is 151 Å². The van der Waals surface area contributed by atoms with E-state index in [1.807, 2.05) is 6.07 Å². The maximum absolute atomic E-state index is 14.4. The summed E-state index contributed by atoms with van der Waals surface area (Å²) < 4.78 is 88.2. The Balaban J connectivity index is 1.50. The lowest BCUT2D eigenvalue weighted by molar-refractivity contribution is 0.310. The fourth-order valence-corrected chi connectivity index (χ4v) is 10.4. The van der Waals surface area contributed by atoms with Crippen LogP contribution < -0.4 is 10.0 Å². The lowest BCUT2D eigenvalue weighted by Crippen LogP contribution is -2.51. The number of halogens is 1. The summed E-state index contributed by atoms with van der Waals surface area (Å²) in [5.41, 5.74) is 8.00. The number of aliphatic imine (C=N–C) groups is 1. The van der Waals surface area contributed by atoms with E-state index >= 15 is 0 Å². The van der Waals surface area contributed by atoms with Crippen molar-refractivity contribution in [2.45, 2.75) is 46.9 Å². The second kappa shape index (κ2) is 9.88. The Hall–Kier alpha value is -3.29. The summed E-state index contributed by atoms with van der Waals surface area (Å²) in [6.07, 6.45) is 3.49. The van der Waals surface area contributed by atoms with Crippen molar-refractivity contribution in [3.8, 4) is 0 Å². The van der Waals surface area contributed by atoms with E-state index in [0.29, 0.717) is 29.8 Å². The summed E-state index contributed by atoms with van der Waals surface area (Å²) in [4.78, 5) is 4.76. The molecule has 2 fully saturated rings. The van der Waals surface area contributed by atoms with Crippen LogP contribution in [0, 0.1) is 16.5 Å². The SMILES string of the molecule is CS(=O)(=O)c1cccc(N=C(N)c2ccc3c(c2)C2(CCS(=O)(=O)CC2)C(C2CC2)N3S(=N)(=O)c2ccc(F)cc2)c1. The first-order valence-electron chi connectivity index (χ1n) is 13.5. The van der Waals surface area contributed by atoms with Crippen LogP contribution in [0.25, 0.3) is 0 Å². The van der Waals surface area contributed by atoms with E-state index in [-0.39, 0.29) is 39.1 Å². The maximum Gasteiger partial charge on any atom is 0.175 e. The number of nitrogens with two attached hydrogens (primary N) is 1. The molecule has 0 aromatic heterocycles. The summed E-state index contributed by atoms with van der Waals surface area (Å²) in [7, 11) is -10.3. The average Bonchev–Trinajstić information content (AvgIpc) is 3.73. The molecule has 0 amide bonds. The van der Waals surface area contributed by atoms with E-state index in [1.165, 1.54) is 36.4 Å².